The summed E-state index contributed by atoms with van der Waals surface area (Å²) >= 11 is 14.1. The summed E-state index contributed by atoms with van der Waals surface area (Å²) in [5.74, 6) is 0.566. The van der Waals surface area contributed by atoms with Crippen molar-refractivity contribution in [2.45, 2.75) is 33.4 Å². The van der Waals surface area contributed by atoms with Crippen LogP contribution < -0.4 is 24.4 Å². The zero-order valence-electron chi connectivity index (χ0n) is 23.2. The van der Waals surface area contributed by atoms with E-state index < -0.39 is 12.0 Å². The number of rotatable bonds is 9. The number of esters is 1. The van der Waals surface area contributed by atoms with Gasteiger partial charge in [-0.05, 0) is 62.2 Å². The first-order valence-corrected chi connectivity index (χ1v) is 15.0. The van der Waals surface area contributed by atoms with Crippen LogP contribution in [0.15, 0.2) is 87.8 Å². The van der Waals surface area contributed by atoms with Gasteiger partial charge in [-0.25, -0.2) is 9.79 Å². The highest BCUT2D eigenvalue weighted by atomic mass is 35.5. The van der Waals surface area contributed by atoms with E-state index in [9.17, 15) is 9.59 Å². The van der Waals surface area contributed by atoms with Gasteiger partial charge in [-0.3, -0.25) is 9.36 Å². The van der Waals surface area contributed by atoms with E-state index in [1.54, 1.807) is 44.2 Å². The molecule has 0 saturated carbocycles. The highest BCUT2D eigenvalue weighted by molar-refractivity contribution is 7.07. The standard InChI is InChI=1S/C32H28Cl2N2O5S/c1-4-39-26-16-20(14-15-25(26)41-18-21-10-6-8-12-23(21)33)17-27-30(37)36-29(22-11-7-9-13-24(22)34)28(31(38)40-5-2)19(3)35-32(36)42-27/h6-17,29H,4-5,18H2,1-3H3/b27-17-/t29-/m1/s1. The average molecular weight is 624 g/mol. The molecule has 10 heteroatoms. The minimum Gasteiger partial charge on any atom is -0.490 e. The Kier molecular flexibility index (Phi) is 9.16. The van der Waals surface area contributed by atoms with E-state index in [0.29, 0.717) is 48.7 Å². The van der Waals surface area contributed by atoms with E-state index in [2.05, 4.69) is 4.99 Å². The van der Waals surface area contributed by atoms with E-state index >= 15 is 0 Å². The number of carbonyl (C=O) groups excluding carboxylic acids is 1. The highest BCUT2D eigenvalue weighted by Gasteiger charge is 2.34. The van der Waals surface area contributed by atoms with Gasteiger partial charge in [-0.2, -0.15) is 0 Å². The number of aromatic nitrogens is 1. The molecule has 0 saturated heterocycles. The fourth-order valence-corrected chi connectivity index (χ4v) is 6.18. The van der Waals surface area contributed by atoms with Gasteiger partial charge in [-0.1, -0.05) is 77.0 Å². The second-order valence-corrected chi connectivity index (χ2v) is 11.2. The first kappa shape index (κ1) is 29.6. The summed E-state index contributed by atoms with van der Waals surface area (Å²) in [5.41, 5.74) is 2.67. The van der Waals surface area contributed by atoms with Crippen LogP contribution in [0.2, 0.25) is 10.0 Å². The molecule has 0 N–H and O–H groups in total. The van der Waals surface area contributed by atoms with Gasteiger partial charge in [0.1, 0.15) is 12.6 Å². The van der Waals surface area contributed by atoms with Crippen molar-refractivity contribution in [3.63, 3.8) is 0 Å². The Morgan fingerprint density at radius 3 is 2.43 bits per heavy atom. The van der Waals surface area contributed by atoms with Gasteiger partial charge in [0.15, 0.2) is 16.3 Å². The van der Waals surface area contributed by atoms with Crippen LogP contribution in [-0.2, 0) is 16.1 Å². The fraction of sp³-hybridized carbons (Fsp3) is 0.219. The lowest BCUT2D eigenvalue weighted by Crippen LogP contribution is -2.40. The Morgan fingerprint density at radius 1 is 0.976 bits per heavy atom. The zero-order chi connectivity index (χ0) is 29.8. The van der Waals surface area contributed by atoms with Crippen molar-refractivity contribution >= 4 is 46.6 Å². The smallest absolute Gasteiger partial charge is 0.338 e. The molecule has 1 atom stereocenters. The second kappa shape index (κ2) is 13.0. The molecule has 2 heterocycles. The van der Waals surface area contributed by atoms with Gasteiger partial charge in [0.2, 0.25) is 0 Å². The normalized spacial score (nSPS) is 14.8. The van der Waals surface area contributed by atoms with Gasteiger partial charge < -0.3 is 14.2 Å². The predicted molar refractivity (Wildman–Crippen MR) is 165 cm³/mol. The van der Waals surface area contributed by atoms with E-state index in [0.717, 1.165) is 11.1 Å². The van der Waals surface area contributed by atoms with Crippen molar-refractivity contribution in [3.8, 4) is 11.5 Å². The van der Waals surface area contributed by atoms with Crippen molar-refractivity contribution in [2.75, 3.05) is 13.2 Å². The molecule has 0 amide bonds. The van der Waals surface area contributed by atoms with Crippen LogP contribution in [0.5, 0.6) is 11.5 Å². The molecule has 1 aliphatic rings. The summed E-state index contributed by atoms with van der Waals surface area (Å²) in [6.45, 7) is 6.26. The lowest BCUT2D eigenvalue weighted by atomic mass is 9.96. The van der Waals surface area contributed by atoms with Crippen LogP contribution in [-0.4, -0.2) is 23.8 Å². The van der Waals surface area contributed by atoms with Crippen molar-refractivity contribution < 1.29 is 19.0 Å². The molecule has 3 aromatic carbocycles. The van der Waals surface area contributed by atoms with Crippen molar-refractivity contribution in [1.29, 1.82) is 0 Å². The van der Waals surface area contributed by atoms with Gasteiger partial charge >= 0.3 is 5.97 Å². The number of thiazole rings is 1. The Morgan fingerprint density at radius 2 is 1.71 bits per heavy atom. The first-order chi connectivity index (χ1) is 20.3. The van der Waals surface area contributed by atoms with Crippen LogP contribution in [0, 0.1) is 0 Å². The predicted octanol–water partition coefficient (Wildman–Crippen LogP) is 6.08. The van der Waals surface area contributed by atoms with Crippen LogP contribution in [0.1, 0.15) is 43.5 Å². The van der Waals surface area contributed by atoms with Crippen molar-refractivity contribution in [1.82, 2.24) is 4.57 Å². The number of allylic oxidation sites excluding steroid dienone is 1. The maximum atomic E-state index is 13.9. The number of hydrogen-bond donors (Lipinski definition) is 0. The largest absolute Gasteiger partial charge is 0.490 e. The molecule has 0 spiro atoms. The molecule has 216 valence electrons. The highest BCUT2D eigenvalue weighted by Crippen LogP contribution is 2.35. The van der Waals surface area contributed by atoms with E-state index in [1.807, 2.05) is 49.4 Å². The number of hydrogen-bond acceptors (Lipinski definition) is 7. The van der Waals surface area contributed by atoms with Crippen LogP contribution in [0.3, 0.4) is 0 Å². The molecular weight excluding hydrogens is 595 g/mol. The topological polar surface area (TPSA) is 79.1 Å². The summed E-state index contributed by atoms with van der Waals surface area (Å²) in [6.07, 6.45) is 1.78. The van der Waals surface area contributed by atoms with Crippen molar-refractivity contribution in [2.24, 2.45) is 4.99 Å². The van der Waals surface area contributed by atoms with E-state index in [1.165, 1.54) is 15.9 Å². The number of benzene rings is 3. The SMILES string of the molecule is CCOC(=O)C1=C(C)N=c2s/c(=C\c3ccc(OCc4ccccc4Cl)c(OCC)c3)c(=O)n2[C@@H]1c1ccccc1Cl. The molecular formula is C32H28Cl2N2O5S. The minimum atomic E-state index is -0.782. The van der Waals surface area contributed by atoms with Gasteiger partial charge in [0, 0.05) is 15.6 Å². The maximum Gasteiger partial charge on any atom is 0.338 e. The number of fused-ring (bicyclic) bond motifs is 1. The van der Waals surface area contributed by atoms with Gasteiger partial charge in [0.05, 0.1) is 29.0 Å². The Labute approximate surface area is 256 Å². The van der Waals surface area contributed by atoms with E-state index in [4.69, 9.17) is 37.4 Å². The summed E-state index contributed by atoms with van der Waals surface area (Å²) in [6, 6.07) is 19.3. The molecule has 0 aliphatic carbocycles. The number of carbonyl (C=O) groups is 1. The Bertz CT molecular complexity index is 1860. The monoisotopic (exact) mass is 622 g/mol. The minimum absolute atomic E-state index is 0.190. The Balaban J connectivity index is 1.57. The molecule has 0 bridgehead atoms. The molecule has 0 unspecified atom stereocenters. The third kappa shape index (κ3) is 6.02. The molecule has 0 fully saturated rings. The summed E-state index contributed by atoms with van der Waals surface area (Å²) in [7, 11) is 0. The summed E-state index contributed by atoms with van der Waals surface area (Å²) in [4.78, 5) is 32.1. The summed E-state index contributed by atoms with van der Waals surface area (Å²) in [5, 5.41) is 1.06. The van der Waals surface area contributed by atoms with Crippen LogP contribution in [0.4, 0.5) is 0 Å². The second-order valence-electron chi connectivity index (χ2n) is 9.34. The molecule has 7 nitrogen and oxygen atoms in total. The number of nitrogens with zero attached hydrogens (tertiary/aromatic N) is 2. The fourth-order valence-electron chi connectivity index (χ4n) is 4.71. The lowest BCUT2D eigenvalue weighted by molar-refractivity contribution is -0.139. The Hall–Kier alpha value is -3.85. The molecule has 1 aromatic heterocycles. The van der Waals surface area contributed by atoms with Crippen molar-refractivity contribution in [3.05, 3.63) is 124 Å². The van der Waals surface area contributed by atoms with Crippen LogP contribution in [0.25, 0.3) is 6.08 Å². The molecule has 5 rings (SSSR count). The average Bonchev–Trinajstić information content (AvgIpc) is 3.27. The van der Waals surface area contributed by atoms with Crippen LogP contribution >= 0.6 is 34.5 Å². The quantitative estimate of drug-likeness (QED) is 0.211. The lowest BCUT2D eigenvalue weighted by Gasteiger charge is -2.25. The first-order valence-electron chi connectivity index (χ1n) is 13.4. The van der Waals surface area contributed by atoms with E-state index in [-0.39, 0.29) is 24.3 Å². The van der Waals surface area contributed by atoms with Gasteiger partial charge in [0.25, 0.3) is 5.56 Å². The van der Waals surface area contributed by atoms with Gasteiger partial charge in [-0.15, -0.1) is 0 Å². The molecule has 42 heavy (non-hydrogen) atoms. The maximum absolute atomic E-state index is 13.9. The summed E-state index contributed by atoms with van der Waals surface area (Å²) < 4.78 is 19.2. The molecule has 4 aromatic rings. The number of ether oxygens (including phenoxy) is 3. The molecule has 0 radical (unpaired) electrons. The number of halogens is 2. The zero-order valence-corrected chi connectivity index (χ0v) is 25.6. The molecule has 1 aliphatic heterocycles. The third-order valence-electron chi connectivity index (χ3n) is 6.62. The third-order valence-corrected chi connectivity index (χ3v) is 8.32.